The molecule has 2 fully saturated rings. The van der Waals surface area contributed by atoms with Crippen LogP contribution in [0.1, 0.15) is 59.3 Å². The number of likely N-dealkylation sites (tertiary alicyclic amines) is 1. The van der Waals surface area contributed by atoms with Crippen molar-refractivity contribution in [3.8, 4) is 0 Å². The second-order valence-corrected chi connectivity index (χ2v) is 6.71. The standard InChI is InChI=1S/C16H32N2/c1-4-17-16(15-8-6-5-7-9-15)12-18-11-13(2)10-14(18)3/h13-17H,4-12H2,1-3H3. The van der Waals surface area contributed by atoms with Crippen molar-refractivity contribution >= 4 is 0 Å². The van der Waals surface area contributed by atoms with Crippen molar-refractivity contribution in [3.05, 3.63) is 0 Å². The first kappa shape index (κ1) is 14.3. The number of likely N-dealkylation sites (N-methyl/N-ethyl adjacent to an activating group) is 1. The molecule has 0 amide bonds. The van der Waals surface area contributed by atoms with Gasteiger partial charge in [0.1, 0.15) is 0 Å². The molecule has 1 aliphatic heterocycles. The Labute approximate surface area is 114 Å². The van der Waals surface area contributed by atoms with E-state index in [2.05, 4.69) is 31.0 Å². The minimum atomic E-state index is 0.739. The molecule has 3 unspecified atom stereocenters. The summed E-state index contributed by atoms with van der Waals surface area (Å²) in [5, 5.41) is 3.77. The van der Waals surface area contributed by atoms with E-state index in [0.29, 0.717) is 0 Å². The van der Waals surface area contributed by atoms with Gasteiger partial charge in [-0.25, -0.2) is 0 Å². The topological polar surface area (TPSA) is 15.3 Å². The minimum Gasteiger partial charge on any atom is -0.313 e. The first-order valence-electron chi connectivity index (χ1n) is 8.18. The van der Waals surface area contributed by atoms with Gasteiger partial charge in [0.05, 0.1) is 0 Å². The average Bonchev–Trinajstić information content (AvgIpc) is 2.68. The molecule has 0 radical (unpaired) electrons. The Morgan fingerprint density at radius 2 is 1.89 bits per heavy atom. The molecular formula is C16H32N2. The van der Waals surface area contributed by atoms with E-state index in [0.717, 1.165) is 30.5 Å². The average molecular weight is 252 g/mol. The predicted molar refractivity (Wildman–Crippen MR) is 78.9 cm³/mol. The van der Waals surface area contributed by atoms with Crippen LogP contribution < -0.4 is 5.32 Å². The molecule has 106 valence electrons. The lowest BCUT2D eigenvalue weighted by molar-refractivity contribution is 0.179. The Bertz CT molecular complexity index is 235. The lowest BCUT2D eigenvalue weighted by atomic mass is 9.83. The van der Waals surface area contributed by atoms with Crippen molar-refractivity contribution in [2.75, 3.05) is 19.6 Å². The Morgan fingerprint density at radius 3 is 2.44 bits per heavy atom. The van der Waals surface area contributed by atoms with Crippen LogP contribution in [0, 0.1) is 11.8 Å². The summed E-state index contributed by atoms with van der Waals surface area (Å²) in [6.07, 6.45) is 8.68. The maximum absolute atomic E-state index is 3.77. The number of nitrogens with one attached hydrogen (secondary N) is 1. The molecular weight excluding hydrogens is 220 g/mol. The van der Waals surface area contributed by atoms with Crippen LogP contribution in [0.2, 0.25) is 0 Å². The lowest BCUT2D eigenvalue weighted by Gasteiger charge is -2.35. The van der Waals surface area contributed by atoms with E-state index in [9.17, 15) is 0 Å². The molecule has 3 atom stereocenters. The van der Waals surface area contributed by atoms with Gasteiger partial charge in [-0.1, -0.05) is 33.1 Å². The molecule has 1 N–H and O–H groups in total. The number of nitrogens with zero attached hydrogens (tertiary/aromatic N) is 1. The van der Waals surface area contributed by atoms with E-state index in [1.54, 1.807) is 0 Å². The normalized spacial score (nSPS) is 32.8. The molecule has 18 heavy (non-hydrogen) atoms. The van der Waals surface area contributed by atoms with Crippen LogP contribution in [0.4, 0.5) is 0 Å². The van der Waals surface area contributed by atoms with E-state index in [4.69, 9.17) is 0 Å². The molecule has 0 spiro atoms. The first-order chi connectivity index (χ1) is 8.70. The van der Waals surface area contributed by atoms with Gasteiger partial charge in [-0.2, -0.15) is 0 Å². The number of hydrogen-bond donors (Lipinski definition) is 1. The third-order valence-electron chi connectivity index (χ3n) is 5.03. The zero-order valence-electron chi connectivity index (χ0n) is 12.6. The third-order valence-corrected chi connectivity index (χ3v) is 5.03. The summed E-state index contributed by atoms with van der Waals surface area (Å²) < 4.78 is 0. The van der Waals surface area contributed by atoms with Crippen molar-refractivity contribution in [2.45, 2.75) is 71.4 Å². The Hall–Kier alpha value is -0.0800. The molecule has 0 aromatic heterocycles. The van der Waals surface area contributed by atoms with Gasteiger partial charge in [0.15, 0.2) is 0 Å². The van der Waals surface area contributed by atoms with E-state index >= 15 is 0 Å². The second kappa shape index (κ2) is 6.91. The maximum atomic E-state index is 3.77. The van der Waals surface area contributed by atoms with Gasteiger partial charge in [-0.3, -0.25) is 4.90 Å². The quantitative estimate of drug-likeness (QED) is 0.808. The molecule has 0 aromatic rings. The lowest BCUT2D eigenvalue weighted by Crippen LogP contribution is -2.47. The van der Waals surface area contributed by atoms with Crippen molar-refractivity contribution in [1.29, 1.82) is 0 Å². The molecule has 2 aliphatic rings. The fourth-order valence-corrected chi connectivity index (χ4v) is 4.07. The van der Waals surface area contributed by atoms with Crippen molar-refractivity contribution in [2.24, 2.45) is 11.8 Å². The van der Waals surface area contributed by atoms with Crippen molar-refractivity contribution in [1.82, 2.24) is 10.2 Å². The van der Waals surface area contributed by atoms with E-state index < -0.39 is 0 Å². The summed E-state index contributed by atoms with van der Waals surface area (Å²) in [5.74, 6) is 1.83. The van der Waals surface area contributed by atoms with Gasteiger partial charge < -0.3 is 5.32 Å². The molecule has 0 bridgehead atoms. The third kappa shape index (κ3) is 3.71. The summed E-state index contributed by atoms with van der Waals surface area (Å²) in [6.45, 7) is 10.8. The highest BCUT2D eigenvalue weighted by Crippen LogP contribution is 2.29. The maximum Gasteiger partial charge on any atom is 0.0223 e. The molecule has 0 aromatic carbocycles. The molecule has 1 saturated heterocycles. The van der Waals surface area contributed by atoms with Crippen LogP contribution >= 0.6 is 0 Å². The van der Waals surface area contributed by atoms with Gasteiger partial charge in [0, 0.05) is 25.2 Å². The van der Waals surface area contributed by atoms with Crippen LogP contribution in [-0.2, 0) is 0 Å². The predicted octanol–water partition coefficient (Wildman–Crippen LogP) is 3.28. The van der Waals surface area contributed by atoms with E-state index in [1.807, 2.05) is 0 Å². The highest BCUT2D eigenvalue weighted by atomic mass is 15.2. The highest BCUT2D eigenvalue weighted by molar-refractivity contribution is 4.87. The molecule has 2 rings (SSSR count). The van der Waals surface area contributed by atoms with Gasteiger partial charge in [0.2, 0.25) is 0 Å². The van der Waals surface area contributed by atoms with Crippen molar-refractivity contribution < 1.29 is 0 Å². The van der Waals surface area contributed by atoms with Gasteiger partial charge >= 0.3 is 0 Å². The Morgan fingerprint density at radius 1 is 1.17 bits per heavy atom. The molecule has 2 nitrogen and oxygen atoms in total. The Kier molecular flexibility index (Phi) is 5.50. The molecule has 1 heterocycles. The SMILES string of the molecule is CCNC(CN1CC(C)CC1C)C1CCCCC1. The van der Waals surface area contributed by atoms with E-state index in [1.165, 1.54) is 51.6 Å². The monoisotopic (exact) mass is 252 g/mol. The van der Waals surface area contributed by atoms with Gasteiger partial charge in [-0.05, 0) is 44.6 Å². The summed E-state index contributed by atoms with van der Waals surface area (Å²) in [4.78, 5) is 2.73. The van der Waals surface area contributed by atoms with Crippen LogP contribution in [0.15, 0.2) is 0 Å². The first-order valence-corrected chi connectivity index (χ1v) is 8.18. The van der Waals surface area contributed by atoms with Crippen LogP contribution in [0.5, 0.6) is 0 Å². The molecule has 1 aliphatic carbocycles. The Balaban J connectivity index is 1.88. The number of hydrogen-bond acceptors (Lipinski definition) is 2. The highest BCUT2D eigenvalue weighted by Gasteiger charge is 2.31. The van der Waals surface area contributed by atoms with Crippen LogP contribution in [0.3, 0.4) is 0 Å². The summed E-state index contributed by atoms with van der Waals surface area (Å²) in [6, 6.07) is 1.53. The van der Waals surface area contributed by atoms with Gasteiger partial charge in [-0.15, -0.1) is 0 Å². The molecule has 1 saturated carbocycles. The van der Waals surface area contributed by atoms with E-state index in [-0.39, 0.29) is 0 Å². The smallest absolute Gasteiger partial charge is 0.0223 e. The largest absolute Gasteiger partial charge is 0.313 e. The molecule has 2 heteroatoms. The fourth-order valence-electron chi connectivity index (χ4n) is 4.07. The zero-order chi connectivity index (χ0) is 13.0. The summed E-state index contributed by atoms with van der Waals surface area (Å²) in [5.41, 5.74) is 0. The minimum absolute atomic E-state index is 0.739. The van der Waals surface area contributed by atoms with Crippen LogP contribution in [-0.4, -0.2) is 36.6 Å². The van der Waals surface area contributed by atoms with Crippen LogP contribution in [0.25, 0.3) is 0 Å². The summed E-state index contributed by atoms with van der Waals surface area (Å²) >= 11 is 0. The fraction of sp³-hybridized carbons (Fsp3) is 1.00. The second-order valence-electron chi connectivity index (χ2n) is 6.71. The zero-order valence-corrected chi connectivity index (χ0v) is 12.6. The van der Waals surface area contributed by atoms with Crippen molar-refractivity contribution in [3.63, 3.8) is 0 Å². The number of rotatable bonds is 5. The summed E-state index contributed by atoms with van der Waals surface area (Å²) in [7, 11) is 0. The van der Waals surface area contributed by atoms with Gasteiger partial charge in [0.25, 0.3) is 0 Å².